The van der Waals surface area contributed by atoms with Gasteiger partial charge >= 0.3 is 0 Å². The molecule has 2 aliphatic rings. The number of carbonyl (C=O) groups is 1. The Morgan fingerprint density at radius 2 is 1.90 bits per heavy atom. The molecule has 1 aromatic rings. The minimum Gasteiger partial charge on any atom is -0.399 e. The molecule has 0 radical (unpaired) electrons. The Kier molecular flexibility index (Phi) is 3.68. The van der Waals surface area contributed by atoms with Gasteiger partial charge in [0.05, 0.1) is 0 Å². The molecular formula is C17H24N2O. The first-order valence-corrected chi connectivity index (χ1v) is 7.83. The fourth-order valence-corrected chi connectivity index (χ4v) is 3.98. The number of aryl methyl sites for hydroxylation is 1. The highest BCUT2D eigenvalue weighted by molar-refractivity contribution is 5.95. The van der Waals surface area contributed by atoms with Crippen LogP contribution in [-0.2, 0) is 0 Å². The number of hydrogen-bond donors (Lipinski definition) is 1. The van der Waals surface area contributed by atoms with E-state index < -0.39 is 0 Å². The van der Waals surface area contributed by atoms with Crippen molar-refractivity contribution in [3.63, 3.8) is 0 Å². The predicted molar refractivity (Wildman–Crippen MR) is 81.6 cm³/mol. The number of rotatable bonds is 2. The van der Waals surface area contributed by atoms with Crippen molar-refractivity contribution in [2.24, 2.45) is 5.92 Å². The number of carbonyl (C=O) groups excluding carboxylic acids is 1. The van der Waals surface area contributed by atoms with Crippen LogP contribution in [0, 0.1) is 12.8 Å². The molecule has 1 aliphatic heterocycles. The Bertz CT molecular complexity index is 485. The van der Waals surface area contributed by atoms with Crippen molar-refractivity contribution in [1.82, 2.24) is 4.90 Å². The number of nitrogens with two attached hydrogens (primary N) is 1. The smallest absolute Gasteiger partial charge is 0.254 e. The van der Waals surface area contributed by atoms with Crippen LogP contribution in [0.2, 0.25) is 0 Å². The van der Waals surface area contributed by atoms with Crippen molar-refractivity contribution in [2.45, 2.75) is 51.5 Å². The van der Waals surface area contributed by atoms with Crippen LogP contribution < -0.4 is 5.73 Å². The highest BCUT2D eigenvalue weighted by Crippen LogP contribution is 2.36. The van der Waals surface area contributed by atoms with Gasteiger partial charge in [-0.25, -0.2) is 0 Å². The second-order valence-corrected chi connectivity index (χ2v) is 6.39. The number of benzene rings is 1. The minimum atomic E-state index is 0.176. The van der Waals surface area contributed by atoms with E-state index in [-0.39, 0.29) is 5.91 Å². The normalized spacial score (nSPS) is 23.4. The number of likely N-dealkylation sites (tertiary alicyclic amines) is 1. The topological polar surface area (TPSA) is 46.3 Å². The molecule has 1 saturated carbocycles. The first-order chi connectivity index (χ1) is 9.65. The lowest BCUT2D eigenvalue weighted by Gasteiger charge is -2.29. The van der Waals surface area contributed by atoms with E-state index in [1.54, 1.807) is 0 Å². The highest BCUT2D eigenvalue weighted by atomic mass is 16.2. The monoisotopic (exact) mass is 272 g/mol. The zero-order chi connectivity index (χ0) is 14.1. The molecule has 1 atom stereocenters. The van der Waals surface area contributed by atoms with Gasteiger partial charge in [-0.3, -0.25) is 4.79 Å². The summed E-state index contributed by atoms with van der Waals surface area (Å²) in [6.07, 6.45) is 7.59. The average Bonchev–Trinajstić information content (AvgIpc) is 3.07. The van der Waals surface area contributed by atoms with E-state index in [4.69, 9.17) is 5.73 Å². The SMILES string of the molecule is Cc1cc(N)cc(C(=O)N2CCCC2C2CCCC2)c1. The van der Waals surface area contributed by atoms with Crippen LogP contribution in [-0.4, -0.2) is 23.4 Å². The number of nitrogens with zero attached hydrogens (tertiary/aromatic N) is 1. The Hall–Kier alpha value is -1.51. The molecule has 1 aliphatic carbocycles. The van der Waals surface area contributed by atoms with Crippen molar-refractivity contribution < 1.29 is 4.79 Å². The van der Waals surface area contributed by atoms with Crippen LogP contribution in [0.5, 0.6) is 0 Å². The Labute approximate surface area is 121 Å². The van der Waals surface area contributed by atoms with Crippen molar-refractivity contribution in [1.29, 1.82) is 0 Å². The van der Waals surface area contributed by atoms with E-state index in [0.717, 1.165) is 30.0 Å². The first kappa shape index (κ1) is 13.5. The summed E-state index contributed by atoms with van der Waals surface area (Å²) in [7, 11) is 0. The lowest BCUT2D eigenvalue weighted by atomic mass is 9.95. The van der Waals surface area contributed by atoms with Gasteiger partial charge in [0.2, 0.25) is 0 Å². The summed E-state index contributed by atoms with van der Waals surface area (Å²) < 4.78 is 0. The van der Waals surface area contributed by atoms with Gasteiger partial charge in [0.1, 0.15) is 0 Å². The Balaban J connectivity index is 1.81. The maximum atomic E-state index is 12.8. The summed E-state index contributed by atoms with van der Waals surface area (Å²) >= 11 is 0. The molecule has 0 bridgehead atoms. The second kappa shape index (κ2) is 5.47. The summed E-state index contributed by atoms with van der Waals surface area (Å²) in [6.45, 7) is 2.90. The predicted octanol–water partition coefficient (Wildman–Crippen LogP) is 3.37. The molecule has 1 unspecified atom stereocenters. The maximum Gasteiger partial charge on any atom is 0.254 e. The van der Waals surface area contributed by atoms with Gasteiger partial charge in [0.25, 0.3) is 5.91 Å². The van der Waals surface area contributed by atoms with Gasteiger partial charge in [-0.1, -0.05) is 12.8 Å². The van der Waals surface area contributed by atoms with Crippen molar-refractivity contribution in [3.05, 3.63) is 29.3 Å². The number of amides is 1. The van der Waals surface area contributed by atoms with Crippen molar-refractivity contribution >= 4 is 11.6 Å². The van der Waals surface area contributed by atoms with Crippen molar-refractivity contribution in [2.75, 3.05) is 12.3 Å². The van der Waals surface area contributed by atoms with Crippen LogP contribution in [0.15, 0.2) is 18.2 Å². The highest BCUT2D eigenvalue weighted by Gasteiger charge is 2.36. The van der Waals surface area contributed by atoms with Gasteiger partial charge in [0, 0.05) is 23.8 Å². The molecule has 2 fully saturated rings. The van der Waals surface area contributed by atoms with Crippen molar-refractivity contribution in [3.8, 4) is 0 Å². The molecule has 0 aromatic heterocycles. The molecule has 1 heterocycles. The Morgan fingerprint density at radius 3 is 2.60 bits per heavy atom. The summed E-state index contributed by atoms with van der Waals surface area (Å²) in [5.41, 5.74) is 8.38. The third-order valence-corrected chi connectivity index (χ3v) is 4.85. The lowest BCUT2D eigenvalue weighted by Crippen LogP contribution is -2.39. The summed E-state index contributed by atoms with van der Waals surface area (Å²) in [5.74, 6) is 0.901. The molecule has 3 rings (SSSR count). The zero-order valence-corrected chi connectivity index (χ0v) is 12.3. The third kappa shape index (κ3) is 2.54. The summed E-state index contributed by atoms with van der Waals surface area (Å²) in [6, 6.07) is 6.16. The van der Waals surface area contributed by atoms with Crippen LogP contribution in [0.3, 0.4) is 0 Å². The van der Waals surface area contributed by atoms with E-state index >= 15 is 0 Å². The third-order valence-electron chi connectivity index (χ3n) is 4.85. The first-order valence-electron chi connectivity index (χ1n) is 7.83. The Morgan fingerprint density at radius 1 is 1.15 bits per heavy atom. The van der Waals surface area contributed by atoms with Gasteiger partial charge in [-0.2, -0.15) is 0 Å². The standard InChI is InChI=1S/C17H24N2O/c1-12-9-14(11-15(18)10-12)17(20)19-8-4-7-16(19)13-5-2-3-6-13/h9-11,13,16H,2-8,18H2,1H3. The molecule has 1 amide bonds. The fourth-order valence-electron chi connectivity index (χ4n) is 3.98. The van der Waals surface area contributed by atoms with Gasteiger partial charge < -0.3 is 10.6 Å². The molecular weight excluding hydrogens is 248 g/mol. The van der Waals surface area contributed by atoms with Crippen LogP contribution in [0.1, 0.15) is 54.4 Å². The minimum absolute atomic E-state index is 0.176. The van der Waals surface area contributed by atoms with E-state index in [0.29, 0.717) is 11.7 Å². The average molecular weight is 272 g/mol. The van der Waals surface area contributed by atoms with E-state index in [9.17, 15) is 4.79 Å². The molecule has 2 N–H and O–H groups in total. The zero-order valence-electron chi connectivity index (χ0n) is 12.3. The van der Waals surface area contributed by atoms with Gasteiger partial charge in [-0.05, 0) is 62.3 Å². The number of nitrogen functional groups attached to an aromatic ring is 1. The quantitative estimate of drug-likeness (QED) is 0.839. The molecule has 1 aromatic carbocycles. The van der Waals surface area contributed by atoms with Gasteiger partial charge in [0.15, 0.2) is 0 Å². The summed E-state index contributed by atoms with van der Waals surface area (Å²) in [5, 5.41) is 0. The second-order valence-electron chi connectivity index (χ2n) is 6.39. The molecule has 108 valence electrons. The molecule has 20 heavy (non-hydrogen) atoms. The molecule has 3 heteroatoms. The van der Waals surface area contributed by atoms with Gasteiger partial charge in [-0.15, -0.1) is 0 Å². The lowest BCUT2D eigenvalue weighted by molar-refractivity contribution is 0.0689. The maximum absolute atomic E-state index is 12.8. The molecule has 3 nitrogen and oxygen atoms in total. The van der Waals surface area contributed by atoms with E-state index in [1.165, 1.54) is 32.1 Å². The summed E-state index contributed by atoms with van der Waals surface area (Å²) in [4.78, 5) is 14.9. The largest absolute Gasteiger partial charge is 0.399 e. The molecule has 1 saturated heterocycles. The van der Waals surface area contributed by atoms with Crippen LogP contribution in [0.4, 0.5) is 5.69 Å². The number of hydrogen-bond acceptors (Lipinski definition) is 2. The van der Waals surface area contributed by atoms with Crippen LogP contribution >= 0.6 is 0 Å². The number of anilines is 1. The molecule has 0 spiro atoms. The van der Waals surface area contributed by atoms with E-state index in [1.807, 2.05) is 25.1 Å². The van der Waals surface area contributed by atoms with E-state index in [2.05, 4.69) is 4.90 Å². The van der Waals surface area contributed by atoms with Crippen LogP contribution in [0.25, 0.3) is 0 Å². The fraction of sp³-hybridized carbons (Fsp3) is 0.588.